The summed E-state index contributed by atoms with van der Waals surface area (Å²) in [6.07, 6.45) is 1.58. The van der Waals surface area contributed by atoms with Gasteiger partial charge < -0.3 is 5.32 Å². The molecular weight excluding hydrogens is 486 g/mol. The van der Waals surface area contributed by atoms with E-state index in [0.717, 1.165) is 5.56 Å². The number of amides is 1. The second-order valence-electron chi connectivity index (χ2n) is 8.32. The van der Waals surface area contributed by atoms with Gasteiger partial charge in [0.05, 0.1) is 15.5 Å². The highest BCUT2D eigenvalue weighted by atomic mass is 32.2. The number of sulfonamides is 2. The molecule has 184 valence electrons. The largest absolute Gasteiger partial charge is 0.326 e. The smallest absolute Gasteiger partial charge is 0.264 e. The predicted molar refractivity (Wildman–Crippen MR) is 137 cm³/mol. The Balaban J connectivity index is 1.60. The lowest BCUT2D eigenvalue weighted by Crippen LogP contribution is -2.35. The average molecular weight is 514 g/mol. The van der Waals surface area contributed by atoms with E-state index in [4.69, 9.17) is 0 Å². The van der Waals surface area contributed by atoms with E-state index in [9.17, 15) is 21.6 Å². The minimum absolute atomic E-state index is 0.0954. The van der Waals surface area contributed by atoms with Gasteiger partial charge in [0.25, 0.3) is 20.0 Å². The number of fused-ring (bicyclic) bond motifs is 1. The fraction of sp³-hybridized carbons (Fsp3) is 0.240. The summed E-state index contributed by atoms with van der Waals surface area (Å²) in [7, 11) is -7.62. The van der Waals surface area contributed by atoms with E-state index in [0.29, 0.717) is 48.4 Å². The Labute approximate surface area is 206 Å². The Morgan fingerprint density at radius 1 is 0.943 bits per heavy atom. The summed E-state index contributed by atoms with van der Waals surface area (Å²) in [4.78, 5) is 11.9. The first kappa shape index (κ1) is 24.7. The van der Waals surface area contributed by atoms with Gasteiger partial charge in [-0.2, -0.15) is 0 Å². The molecule has 1 aliphatic rings. The molecule has 4 rings (SSSR count). The summed E-state index contributed by atoms with van der Waals surface area (Å²) in [5.74, 6) is -0.157. The molecule has 0 saturated carbocycles. The van der Waals surface area contributed by atoms with Crippen molar-refractivity contribution < 1.29 is 21.6 Å². The van der Waals surface area contributed by atoms with E-state index in [-0.39, 0.29) is 15.7 Å². The van der Waals surface area contributed by atoms with E-state index < -0.39 is 20.0 Å². The fourth-order valence-corrected chi connectivity index (χ4v) is 6.92. The summed E-state index contributed by atoms with van der Waals surface area (Å²) < 4.78 is 56.5. The van der Waals surface area contributed by atoms with Crippen LogP contribution in [0.2, 0.25) is 0 Å². The summed E-state index contributed by atoms with van der Waals surface area (Å²) in [6.45, 7) is 3.75. The van der Waals surface area contributed by atoms with Gasteiger partial charge in [-0.3, -0.25) is 13.8 Å². The van der Waals surface area contributed by atoms with Crippen molar-refractivity contribution in [2.45, 2.75) is 42.9 Å². The number of nitrogens with one attached hydrogen (secondary N) is 2. The SMILES string of the molecule is CCC(=O)Nc1ccc(S(=O)(=O)Nc2ccc3c(c2)CCCN3S(=O)(=O)c2ccccc2)c(C)c1. The second kappa shape index (κ2) is 9.71. The second-order valence-corrected chi connectivity index (χ2v) is 11.8. The summed E-state index contributed by atoms with van der Waals surface area (Å²) in [5, 5.41) is 2.72. The first-order chi connectivity index (χ1) is 16.6. The molecule has 0 spiro atoms. The first-order valence-electron chi connectivity index (χ1n) is 11.3. The highest BCUT2D eigenvalue weighted by Crippen LogP contribution is 2.34. The molecule has 10 heteroatoms. The van der Waals surface area contributed by atoms with E-state index in [1.165, 1.54) is 10.4 Å². The van der Waals surface area contributed by atoms with Crippen LogP contribution in [0.15, 0.2) is 76.5 Å². The number of rotatable bonds is 7. The Bertz CT molecular complexity index is 1470. The van der Waals surface area contributed by atoms with Gasteiger partial charge in [-0.05, 0) is 79.4 Å². The van der Waals surface area contributed by atoms with Crippen LogP contribution in [0.3, 0.4) is 0 Å². The molecule has 0 bridgehead atoms. The van der Waals surface area contributed by atoms with Gasteiger partial charge >= 0.3 is 0 Å². The fourth-order valence-electron chi connectivity index (χ4n) is 4.08. The lowest BCUT2D eigenvalue weighted by Gasteiger charge is -2.31. The van der Waals surface area contributed by atoms with Crippen LogP contribution >= 0.6 is 0 Å². The zero-order chi connectivity index (χ0) is 25.2. The topological polar surface area (TPSA) is 113 Å². The molecule has 1 heterocycles. The molecule has 0 radical (unpaired) electrons. The molecule has 0 aliphatic carbocycles. The van der Waals surface area contributed by atoms with Gasteiger partial charge in [0.1, 0.15) is 0 Å². The molecule has 1 aliphatic heterocycles. The van der Waals surface area contributed by atoms with Gasteiger partial charge in [0.15, 0.2) is 0 Å². The van der Waals surface area contributed by atoms with Crippen LogP contribution in [-0.4, -0.2) is 29.3 Å². The maximum atomic E-state index is 13.2. The number of anilines is 3. The van der Waals surface area contributed by atoms with E-state index in [1.807, 2.05) is 0 Å². The molecule has 8 nitrogen and oxygen atoms in total. The van der Waals surface area contributed by atoms with Crippen molar-refractivity contribution in [1.82, 2.24) is 0 Å². The van der Waals surface area contributed by atoms with E-state index in [2.05, 4.69) is 10.0 Å². The monoisotopic (exact) mass is 513 g/mol. The average Bonchev–Trinajstić information content (AvgIpc) is 2.83. The first-order valence-corrected chi connectivity index (χ1v) is 14.2. The molecule has 0 saturated heterocycles. The molecule has 0 aromatic heterocycles. The van der Waals surface area contributed by atoms with Gasteiger partial charge in [-0.25, -0.2) is 16.8 Å². The molecule has 0 atom stereocenters. The molecule has 35 heavy (non-hydrogen) atoms. The summed E-state index contributed by atoms with van der Waals surface area (Å²) in [5.41, 5.74) is 2.68. The van der Waals surface area contributed by atoms with Crippen molar-refractivity contribution in [3.05, 3.63) is 77.9 Å². The Kier molecular flexibility index (Phi) is 6.86. The molecule has 1 amide bonds. The van der Waals surface area contributed by atoms with Gasteiger partial charge in [0, 0.05) is 24.3 Å². The zero-order valence-corrected chi connectivity index (χ0v) is 21.1. The van der Waals surface area contributed by atoms with Crippen molar-refractivity contribution in [1.29, 1.82) is 0 Å². The standard InChI is InChI=1S/C25H27N3O5S2/c1-3-25(29)26-20-12-14-24(18(2)16-20)34(30,31)27-21-11-13-23-19(17-21)8-7-15-28(23)35(32,33)22-9-5-4-6-10-22/h4-6,9-14,16-17,27H,3,7-8,15H2,1-2H3,(H,26,29). The third-order valence-electron chi connectivity index (χ3n) is 5.81. The highest BCUT2D eigenvalue weighted by molar-refractivity contribution is 7.93. The van der Waals surface area contributed by atoms with Crippen molar-refractivity contribution in [2.24, 2.45) is 0 Å². The predicted octanol–water partition coefficient (Wildman–Crippen LogP) is 4.29. The van der Waals surface area contributed by atoms with Gasteiger partial charge in [0.2, 0.25) is 5.91 Å². The number of carbonyl (C=O) groups excluding carboxylic acids is 1. The molecular formula is C25H27N3O5S2. The number of aryl methyl sites for hydroxylation is 2. The van der Waals surface area contributed by atoms with E-state index in [1.54, 1.807) is 74.5 Å². The Hall–Kier alpha value is -3.37. The maximum absolute atomic E-state index is 13.2. The zero-order valence-electron chi connectivity index (χ0n) is 19.5. The van der Waals surface area contributed by atoms with Crippen LogP contribution in [0.4, 0.5) is 17.1 Å². The summed E-state index contributed by atoms with van der Waals surface area (Å²) >= 11 is 0. The van der Waals surface area contributed by atoms with Crippen molar-refractivity contribution in [2.75, 3.05) is 20.9 Å². The van der Waals surface area contributed by atoms with Crippen LogP contribution in [-0.2, 0) is 31.3 Å². The highest BCUT2D eigenvalue weighted by Gasteiger charge is 2.29. The molecule has 3 aromatic rings. The van der Waals surface area contributed by atoms with Crippen LogP contribution < -0.4 is 14.3 Å². The molecule has 2 N–H and O–H groups in total. The molecule has 3 aromatic carbocycles. The number of nitrogens with zero attached hydrogens (tertiary/aromatic N) is 1. The number of carbonyl (C=O) groups is 1. The van der Waals surface area contributed by atoms with Crippen molar-refractivity contribution in [3.63, 3.8) is 0 Å². The lowest BCUT2D eigenvalue weighted by atomic mass is 10.0. The van der Waals surface area contributed by atoms with Crippen LogP contribution in [0.5, 0.6) is 0 Å². The third kappa shape index (κ3) is 5.18. The van der Waals surface area contributed by atoms with Crippen molar-refractivity contribution in [3.8, 4) is 0 Å². The van der Waals surface area contributed by atoms with Gasteiger partial charge in [-0.15, -0.1) is 0 Å². The summed E-state index contributed by atoms with van der Waals surface area (Å²) in [6, 6.07) is 17.8. The number of hydrogen-bond donors (Lipinski definition) is 2. The quantitative estimate of drug-likeness (QED) is 0.490. The van der Waals surface area contributed by atoms with E-state index >= 15 is 0 Å². The lowest BCUT2D eigenvalue weighted by molar-refractivity contribution is -0.115. The minimum Gasteiger partial charge on any atom is -0.326 e. The molecule has 0 fully saturated rings. The maximum Gasteiger partial charge on any atom is 0.264 e. The number of benzene rings is 3. The third-order valence-corrected chi connectivity index (χ3v) is 9.18. The normalized spacial score (nSPS) is 13.7. The van der Waals surface area contributed by atoms with Crippen LogP contribution in [0.1, 0.15) is 30.9 Å². The van der Waals surface area contributed by atoms with Crippen LogP contribution in [0.25, 0.3) is 0 Å². The Morgan fingerprint density at radius 3 is 2.34 bits per heavy atom. The van der Waals surface area contributed by atoms with Gasteiger partial charge in [-0.1, -0.05) is 25.1 Å². The molecule has 0 unspecified atom stereocenters. The minimum atomic E-state index is -3.90. The van der Waals surface area contributed by atoms with Crippen LogP contribution in [0, 0.1) is 6.92 Å². The van der Waals surface area contributed by atoms with Crippen molar-refractivity contribution >= 4 is 43.0 Å². The number of hydrogen-bond acceptors (Lipinski definition) is 5. The Morgan fingerprint density at radius 2 is 1.66 bits per heavy atom.